The molecule has 0 aliphatic heterocycles. The molecule has 1 amide bonds. The minimum Gasteiger partial charge on any atom is -0.383 e. The summed E-state index contributed by atoms with van der Waals surface area (Å²) in [5.41, 5.74) is 0.261. The van der Waals surface area contributed by atoms with Crippen molar-refractivity contribution in [1.29, 1.82) is 0 Å². The summed E-state index contributed by atoms with van der Waals surface area (Å²) in [5.74, 6) is -0.807. The number of nitrogens with zero attached hydrogens (tertiary/aromatic N) is 1. The van der Waals surface area contributed by atoms with Crippen LogP contribution in [0.25, 0.3) is 0 Å². The van der Waals surface area contributed by atoms with Crippen molar-refractivity contribution in [1.82, 2.24) is 9.55 Å². The van der Waals surface area contributed by atoms with E-state index in [9.17, 15) is 18.8 Å². The molecule has 0 fully saturated rings. The number of hydrogen-bond acceptors (Lipinski definition) is 5. The monoisotopic (exact) mass is 426 g/mol. The number of benzene rings is 2. The second-order valence-corrected chi connectivity index (χ2v) is 6.82. The fourth-order valence-corrected chi connectivity index (χ4v) is 3.01. The Morgan fingerprint density at radius 1 is 1.06 bits per heavy atom. The Morgan fingerprint density at radius 3 is 2.45 bits per heavy atom. The number of anilines is 2. The van der Waals surface area contributed by atoms with Gasteiger partial charge in [0.15, 0.2) is 0 Å². The smallest absolute Gasteiger partial charge is 0.330 e. The van der Waals surface area contributed by atoms with Gasteiger partial charge >= 0.3 is 5.69 Å². The van der Waals surface area contributed by atoms with Gasteiger partial charge in [-0.15, -0.1) is 0 Å². The van der Waals surface area contributed by atoms with Crippen LogP contribution in [0.15, 0.2) is 64.2 Å². The highest BCUT2D eigenvalue weighted by Crippen LogP contribution is 2.17. The van der Waals surface area contributed by atoms with Crippen LogP contribution < -0.4 is 21.9 Å². The van der Waals surface area contributed by atoms with Gasteiger partial charge in [0, 0.05) is 13.7 Å². The van der Waals surface area contributed by atoms with E-state index in [4.69, 9.17) is 4.74 Å². The molecule has 1 heterocycles. The molecule has 3 rings (SSSR count). The Kier molecular flexibility index (Phi) is 7.34. The number of ether oxygens (including phenoxy) is 1. The van der Waals surface area contributed by atoms with Gasteiger partial charge in [0.05, 0.1) is 19.6 Å². The molecule has 0 aliphatic rings. The number of hydrogen-bond donors (Lipinski definition) is 3. The highest BCUT2D eigenvalue weighted by molar-refractivity contribution is 5.94. The Hall–Kier alpha value is -3.72. The van der Waals surface area contributed by atoms with E-state index in [0.29, 0.717) is 12.1 Å². The molecule has 31 heavy (non-hydrogen) atoms. The Bertz CT molecular complexity index is 1140. The minimum atomic E-state index is -0.663. The topological polar surface area (TPSA) is 105 Å². The molecule has 162 valence electrons. The van der Waals surface area contributed by atoms with Crippen LogP contribution in [0.1, 0.15) is 11.1 Å². The van der Waals surface area contributed by atoms with Crippen LogP contribution in [0.3, 0.4) is 0 Å². The van der Waals surface area contributed by atoms with Crippen LogP contribution in [-0.2, 0) is 29.0 Å². The SMILES string of the molecule is COCCn1c(NC(=O)Cc2ccc(F)cc2)c(NCc2ccccc2)c(=O)[nH]c1=O. The first kappa shape index (κ1) is 22.0. The number of aromatic nitrogens is 2. The van der Waals surface area contributed by atoms with Gasteiger partial charge in [-0.3, -0.25) is 19.1 Å². The number of carbonyl (C=O) groups excluding carboxylic acids is 1. The lowest BCUT2D eigenvalue weighted by Crippen LogP contribution is -2.36. The number of aromatic amines is 1. The maximum Gasteiger partial charge on any atom is 0.330 e. The maximum absolute atomic E-state index is 13.1. The molecule has 3 aromatic rings. The standard InChI is InChI=1S/C22H23FN4O4/c1-31-12-11-27-20(25-18(28)13-15-7-9-17(23)10-8-15)19(21(29)26-22(27)30)24-14-16-5-3-2-4-6-16/h2-10,24H,11-14H2,1H3,(H,25,28)(H,26,29,30). The van der Waals surface area contributed by atoms with Crippen molar-refractivity contribution in [2.45, 2.75) is 19.5 Å². The summed E-state index contributed by atoms with van der Waals surface area (Å²) in [5, 5.41) is 5.67. The lowest BCUT2D eigenvalue weighted by Gasteiger charge is -2.18. The van der Waals surface area contributed by atoms with E-state index >= 15 is 0 Å². The van der Waals surface area contributed by atoms with Gasteiger partial charge in [0.25, 0.3) is 5.56 Å². The summed E-state index contributed by atoms with van der Waals surface area (Å²) in [7, 11) is 1.48. The number of nitrogens with one attached hydrogen (secondary N) is 3. The third-order valence-corrected chi connectivity index (χ3v) is 4.57. The van der Waals surface area contributed by atoms with Crippen LogP contribution in [0, 0.1) is 5.82 Å². The highest BCUT2D eigenvalue weighted by Gasteiger charge is 2.18. The number of carbonyl (C=O) groups is 1. The van der Waals surface area contributed by atoms with E-state index in [0.717, 1.165) is 5.56 Å². The van der Waals surface area contributed by atoms with Crippen molar-refractivity contribution in [2.24, 2.45) is 0 Å². The van der Waals surface area contributed by atoms with Gasteiger partial charge < -0.3 is 15.4 Å². The first-order valence-electron chi connectivity index (χ1n) is 9.66. The molecule has 8 nitrogen and oxygen atoms in total. The van der Waals surface area contributed by atoms with Crippen molar-refractivity contribution in [3.8, 4) is 0 Å². The fourth-order valence-electron chi connectivity index (χ4n) is 3.01. The summed E-state index contributed by atoms with van der Waals surface area (Å²) < 4.78 is 19.4. The largest absolute Gasteiger partial charge is 0.383 e. The summed E-state index contributed by atoms with van der Waals surface area (Å²) in [6, 6.07) is 14.9. The predicted octanol–water partition coefficient (Wildman–Crippen LogP) is 2.12. The zero-order valence-electron chi connectivity index (χ0n) is 17.0. The lowest BCUT2D eigenvalue weighted by molar-refractivity contribution is -0.115. The quantitative estimate of drug-likeness (QED) is 0.486. The van der Waals surface area contributed by atoms with Gasteiger partial charge in [0.1, 0.15) is 17.3 Å². The summed E-state index contributed by atoms with van der Waals surface area (Å²) in [4.78, 5) is 39.8. The van der Waals surface area contributed by atoms with Gasteiger partial charge in [0.2, 0.25) is 5.91 Å². The molecular formula is C22H23FN4O4. The molecule has 0 saturated heterocycles. The third-order valence-electron chi connectivity index (χ3n) is 4.57. The second kappa shape index (κ2) is 10.4. The Morgan fingerprint density at radius 2 is 1.77 bits per heavy atom. The summed E-state index contributed by atoms with van der Waals surface area (Å²) >= 11 is 0. The van der Waals surface area contributed by atoms with Crippen LogP contribution >= 0.6 is 0 Å². The normalized spacial score (nSPS) is 10.6. The van der Waals surface area contributed by atoms with E-state index in [2.05, 4.69) is 15.6 Å². The predicted molar refractivity (Wildman–Crippen MR) is 116 cm³/mol. The van der Waals surface area contributed by atoms with E-state index in [1.54, 1.807) is 0 Å². The number of H-pyrrole nitrogens is 1. The minimum absolute atomic E-state index is 0.0499. The molecule has 1 aromatic heterocycles. The van der Waals surface area contributed by atoms with Crippen molar-refractivity contribution < 1.29 is 13.9 Å². The van der Waals surface area contributed by atoms with Gasteiger partial charge in [-0.05, 0) is 23.3 Å². The third kappa shape index (κ3) is 5.89. The molecule has 0 unspecified atom stereocenters. The molecule has 9 heteroatoms. The van der Waals surface area contributed by atoms with Crippen molar-refractivity contribution in [3.05, 3.63) is 92.4 Å². The molecule has 0 aliphatic carbocycles. The zero-order valence-corrected chi connectivity index (χ0v) is 17.0. The van der Waals surface area contributed by atoms with Gasteiger partial charge in [-0.25, -0.2) is 9.18 Å². The second-order valence-electron chi connectivity index (χ2n) is 6.82. The van der Waals surface area contributed by atoms with Crippen molar-refractivity contribution in [3.63, 3.8) is 0 Å². The van der Waals surface area contributed by atoms with Crippen LogP contribution in [-0.4, -0.2) is 29.2 Å². The Balaban J connectivity index is 1.91. The molecule has 0 radical (unpaired) electrons. The van der Waals surface area contributed by atoms with Crippen LogP contribution in [0.2, 0.25) is 0 Å². The fraction of sp³-hybridized carbons (Fsp3) is 0.227. The zero-order chi connectivity index (χ0) is 22.2. The molecule has 3 N–H and O–H groups in total. The van der Waals surface area contributed by atoms with E-state index in [1.165, 1.54) is 35.9 Å². The average molecular weight is 426 g/mol. The van der Waals surface area contributed by atoms with Gasteiger partial charge in [-0.1, -0.05) is 42.5 Å². The maximum atomic E-state index is 13.1. The Labute approximate surface area is 177 Å². The molecule has 0 atom stereocenters. The first-order valence-corrected chi connectivity index (χ1v) is 9.66. The number of halogens is 1. The number of methoxy groups -OCH3 is 1. The summed E-state index contributed by atoms with van der Waals surface area (Å²) in [6.07, 6.45) is -0.0519. The van der Waals surface area contributed by atoms with E-state index < -0.39 is 23.0 Å². The number of rotatable bonds is 9. The number of amides is 1. The molecule has 0 spiro atoms. The van der Waals surface area contributed by atoms with Crippen LogP contribution in [0.4, 0.5) is 15.9 Å². The molecule has 0 saturated carbocycles. The molecule has 2 aromatic carbocycles. The van der Waals surface area contributed by atoms with Crippen molar-refractivity contribution >= 4 is 17.4 Å². The van der Waals surface area contributed by atoms with E-state index in [-0.39, 0.29) is 31.1 Å². The van der Waals surface area contributed by atoms with Crippen LogP contribution in [0.5, 0.6) is 0 Å². The van der Waals surface area contributed by atoms with Crippen molar-refractivity contribution in [2.75, 3.05) is 24.4 Å². The average Bonchev–Trinajstić information content (AvgIpc) is 2.75. The molecular weight excluding hydrogens is 403 g/mol. The highest BCUT2D eigenvalue weighted by atomic mass is 19.1. The van der Waals surface area contributed by atoms with Gasteiger partial charge in [-0.2, -0.15) is 0 Å². The lowest BCUT2D eigenvalue weighted by atomic mass is 10.1. The summed E-state index contributed by atoms with van der Waals surface area (Å²) in [6.45, 7) is 0.635. The van der Waals surface area contributed by atoms with E-state index in [1.807, 2.05) is 30.3 Å². The first-order chi connectivity index (χ1) is 15.0. The molecule has 0 bridgehead atoms.